The third-order valence-electron chi connectivity index (χ3n) is 2.98. The topological polar surface area (TPSA) is 84.4 Å². The van der Waals surface area contributed by atoms with Crippen LogP contribution >= 0.6 is 11.3 Å². The molecule has 0 aromatic carbocycles. The number of nitrogens with one attached hydrogen (secondary N) is 1. The number of anilines is 2. The Morgan fingerprint density at radius 2 is 1.95 bits per heavy atom. The number of hydrogen-bond donors (Lipinski definition) is 3. The summed E-state index contributed by atoms with van der Waals surface area (Å²) in [6, 6.07) is 2.78. The highest BCUT2D eigenvalue weighted by Gasteiger charge is 2.14. The lowest BCUT2D eigenvalue weighted by molar-refractivity contribution is 0.100. The summed E-state index contributed by atoms with van der Waals surface area (Å²) in [4.78, 5) is 13.9. The molecule has 1 amide bonds. The molecule has 1 aromatic heterocycles. The number of nitrogens with zero attached hydrogens (tertiary/aromatic N) is 1. The normalized spacial score (nSPS) is 11.5. The number of carbonyl (C=O) groups excluding carboxylic acids is 1. The van der Waals surface area contributed by atoms with Crippen molar-refractivity contribution in [1.29, 1.82) is 0 Å². The minimum Gasteiger partial charge on any atom is -0.397 e. The van der Waals surface area contributed by atoms with E-state index in [2.05, 4.69) is 37.9 Å². The fraction of sp³-hybridized carbons (Fsp3) is 0.615. The van der Waals surface area contributed by atoms with Crippen LogP contribution in [0, 0.1) is 0 Å². The summed E-state index contributed by atoms with van der Waals surface area (Å²) < 4.78 is 0. The van der Waals surface area contributed by atoms with Crippen LogP contribution in [0.1, 0.15) is 37.4 Å². The summed E-state index contributed by atoms with van der Waals surface area (Å²) in [5, 5.41) is 4.18. The molecule has 0 aliphatic heterocycles. The van der Waals surface area contributed by atoms with Crippen molar-refractivity contribution in [3.8, 4) is 0 Å². The van der Waals surface area contributed by atoms with Crippen LogP contribution in [-0.2, 0) is 0 Å². The molecule has 0 spiro atoms. The van der Waals surface area contributed by atoms with Crippen LogP contribution in [0.2, 0.25) is 0 Å². The van der Waals surface area contributed by atoms with Crippen LogP contribution in [0.3, 0.4) is 0 Å². The van der Waals surface area contributed by atoms with E-state index in [1.165, 1.54) is 11.3 Å². The Balaban J connectivity index is 2.53. The molecule has 0 fully saturated rings. The molecule has 0 unspecified atom stereocenters. The van der Waals surface area contributed by atoms with E-state index in [9.17, 15) is 4.79 Å². The third-order valence-corrected chi connectivity index (χ3v) is 4.10. The van der Waals surface area contributed by atoms with Crippen molar-refractivity contribution in [3.05, 3.63) is 10.9 Å². The second kappa shape index (κ2) is 6.77. The van der Waals surface area contributed by atoms with Gasteiger partial charge in [0.15, 0.2) is 0 Å². The first-order chi connectivity index (χ1) is 8.82. The van der Waals surface area contributed by atoms with Gasteiger partial charge in [0, 0.05) is 25.2 Å². The molecule has 1 rings (SSSR count). The zero-order valence-corrected chi connectivity index (χ0v) is 12.9. The van der Waals surface area contributed by atoms with Gasteiger partial charge in [-0.2, -0.15) is 0 Å². The molecule has 1 aromatic rings. The molecule has 0 aliphatic rings. The first-order valence-electron chi connectivity index (χ1n) is 6.51. The number of thiophene rings is 1. The number of nitrogen functional groups attached to an aromatic ring is 1. The summed E-state index contributed by atoms with van der Waals surface area (Å²) in [6.45, 7) is 10.5. The highest BCUT2D eigenvalue weighted by molar-refractivity contribution is 7.18. The molecule has 5 nitrogen and oxygen atoms in total. The summed E-state index contributed by atoms with van der Waals surface area (Å²) in [7, 11) is 0. The summed E-state index contributed by atoms with van der Waals surface area (Å²) in [6.07, 6.45) is 0. The number of rotatable bonds is 7. The largest absolute Gasteiger partial charge is 0.397 e. The van der Waals surface area contributed by atoms with E-state index in [4.69, 9.17) is 11.5 Å². The monoisotopic (exact) mass is 284 g/mol. The molecule has 5 N–H and O–H groups in total. The Morgan fingerprint density at radius 1 is 1.37 bits per heavy atom. The Kier molecular flexibility index (Phi) is 5.62. The number of amides is 1. The van der Waals surface area contributed by atoms with Gasteiger partial charge in [0.05, 0.1) is 10.7 Å². The maximum Gasteiger partial charge on any atom is 0.260 e. The Morgan fingerprint density at radius 3 is 2.37 bits per heavy atom. The molecule has 108 valence electrons. The van der Waals surface area contributed by atoms with Gasteiger partial charge in [-0.1, -0.05) is 0 Å². The van der Waals surface area contributed by atoms with E-state index < -0.39 is 5.91 Å². The first-order valence-corrected chi connectivity index (χ1v) is 7.33. The number of nitrogens with two attached hydrogens (primary N) is 2. The van der Waals surface area contributed by atoms with Crippen LogP contribution in [0.5, 0.6) is 0 Å². The smallest absolute Gasteiger partial charge is 0.260 e. The van der Waals surface area contributed by atoms with Crippen LogP contribution in [0.25, 0.3) is 0 Å². The fourth-order valence-corrected chi connectivity index (χ4v) is 2.96. The quantitative estimate of drug-likeness (QED) is 0.714. The van der Waals surface area contributed by atoms with E-state index in [-0.39, 0.29) is 0 Å². The zero-order valence-electron chi connectivity index (χ0n) is 12.1. The lowest BCUT2D eigenvalue weighted by atomic mass is 10.2. The third kappa shape index (κ3) is 4.40. The van der Waals surface area contributed by atoms with Crippen LogP contribution in [0.15, 0.2) is 6.07 Å². The van der Waals surface area contributed by atoms with Crippen molar-refractivity contribution in [3.63, 3.8) is 0 Å². The highest BCUT2D eigenvalue weighted by Crippen LogP contribution is 2.28. The SMILES string of the molecule is CC(C)N(CCNc1cc(N)c(C(N)=O)s1)C(C)C. The minimum atomic E-state index is -0.471. The standard InChI is InChI=1S/C13H24N4OS/c1-8(2)17(9(3)4)6-5-16-11-7-10(14)12(19-11)13(15)18/h7-9,16H,5-6,14H2,1-4H3,(H2,15,18). The second-order valence-corrected chi connectivity index (χ2v) is 6.16. The van der Waals surface area contributed by atoms with Gasteiger partial charge in [0.2, 0.25) is 0 Å². The van der Waals surface area contributed by atoms with Crippen molar-refractivity contribution in [2.45, 2.75) is 39.8 Å². The molecule has 0 saturated heterocycles. The van der Waals surface area contributed by atoms with Crippen molar-refractivity contribution in [2.24, 2.45) is 5.73 Å². The minimum absolute atomic E-state index is 0.423. The molecule has 0 aliphatic carbocycles. The van der Waals surface area contributed by atoms with Crippen molar-refractivity contribution < 1.29 is 4.79 Å². The predicted molar refractivity (Wildman–Crippen MR) is 82.7 cm³/mol. The van der Waals surface area contributed by atoms with Gasteiger partial charge >= 0.3 is 0 Å². The van der Waals surface area contributed by atoms with Gasteiger partial charge in [0.25, 0.3) is 5.91 Å². The number of carbonyl (C=O) groups is 1. The molecule has 0 atom stereocenters. The van der Waals surface area contributed by atoms with E-state index in [0.29, 0.717) is 22.6 Å². The Bertz CT molecular complexity index is 420. The van der Waals surface area contributed by atoms with Crippen molar-refractivity contribution >= 4 is 27.9 Å². The molecule has 1 heterocycles. The number of hydrogen-bond acceptors (Lipinski definition) is 5. The van der Waals surface area contributed by atoms with Crippen molar-refractivity contribution in [2.75, 3.05) is 24.1 Å². The molecule has 0 radical (unpaired) electrons. The fourth-order valence-electron chi connectivity index (χ4n) is 2.11. The lowest BCUT2D eigenvalue weighted by Crippen LogP contribution is -2.40. The lowest BCUT2D eigenvalue weighted by Gasteiger charge is -2.30. The summed E-state index contributed by atoms with van der Waals surface area (Å²) >= 11 is 1.31. The van der Waals surface area contributed by atoms with Crippen LogP contribution in [0.4, 0.5) is 10.7 Å². The summed E-state index contributed by atoms with van der Waals surface area (Å²) in [5.41, 5.74) is 11.4. The average molecular weight is 284 g/mol. The van der Waals surface area contributed by atoms with E-state index >= 15 is 0 Å². The van der Waals surface area contributed by atoms with Crippen LogP contribution in [-0.4, -0.2) is 36.0 Å². The first kappa shape index (κ1) is 15.8. The van der Waals surface area contributed by atoms with Gasteiger partial charge in [-0.15, -0.1) is 11.3 Å². The maximum atomic E-state index is 11.1. The molecular formula is C13H24N4OS. The van der Waals surface area contributed by atoms with Crippen LogP contribution < -0.4 is 16.8 Å². The second-order valence-electron chi connectivity index (χ2n) is 5.11. The Labute approximate surface area is 119 Å². The number of primary amides is 1. The van der Waals surface area contributed by atoms with E-state index in [1.807, 2.05) is 0 Å². The summed E-state index contributed by atoms with van der Waals surface area (Å²) in [5.74, 6) is -0.471. The molecular weight excluding hydrogens is 260 g/mol. The van der Waals surface area contributed by atoms with Gasteiger partial charge in [-0.3, -0.25) is 9.69 Å². The highest BCUT2D eigenvalue weighted by atomic mass is 32.1. The van der Waals surface area contributed by atoms with Gasteiger partial charge in [-0.25, -0.2) is 0 Å². The van der Waals surface area contributed by atoms with E-state index in [0.717, 1.165) is 18.1 Å². The van der Waals surface area contributed by atoms with Gasteiger partial charge in [-0.05, 0) is 33.8 Å². The predicted octanol–water partition coefficient (Wildman–Crippen LogP) is 1.96. The van der Waals surface area contributed by atoms with Crippen molar-refractivity contribution in [1.82, 2.24) is 4.90 Å². The zero-order chi connectivity index (χ0) is 14.6. The van der Waals surface area contributed by atoms with E-state index in [1.54, 1.807) is 6.07 Å². The maximum absolute atomic E-state index is 11.1. The molecule has 19 heavy (non-hydrogen) atoms. The molecule has 0 bridgehead atoms. The van der Waals surface area contributed by atoms with Gasteiger partial charge < -0.3 is 16.8 Å². The van der Waals surface area contributed by atoms with Gasteiger partial charge in [0.1, 0.15) is 4.88 Å². The average Bonchev–Trinajstić information content (AvgIpc) is 2.65. The Hall–Kier alpha value is -1.27. The molecule has 6 heteroatoms. The molecule has 0 saturated carbocycles.